The number of fused-ring (bicyclic) bond motifs is 1. The van der Waals surface area contributed by atoms with Crippen LogP contribution in [0.25, 0.3) is 0 Å². The summed E-state index contributed by atoms with van der Waals surface area (Å²) < 4.78 is 4.79. The standard InChI is InChI=1S/C28H44N4O5S/c1-6-10-29(5)25(34)22-21-8-9-28(38-21)23(22)26(35)32(20(18-33)19(3)4)24(28)27(36)31(11-7-2)13-12-30-14-16-37-17-15-30/h6-7,19-24,33H,1-2,8-18H2,3-5H3/t20-,21+,22-,23-,24?,28?/m0/s1. The second-order valence-corrected chi connectivity index (χ2v) is 12.9. The van der Waals surface area contributed by atoms with Crippen molar-refractivity contribution in [1.29, 1.82) is 0 Å². The summed E-state index contributed by atoms with van der Waals surface area (Å²) in [6.45, 7) is 16.4. The Bertz CT molecular complexity index is 925. The zero-order valence-electron chi connectivity index (χ0n) is 23.1. The van der Waals surface area contributed by atoms with Crippen LogP contribution >= 0.6 is 11.8 Å². The Morgan fingerprint density at radius 1 is 1.21 bits per heavy atom. The van der Waals surface area contributed by atoms with Gasteiger partial charge in [-0.25, -0.2) is 0 Å². The van der Waals surface area contributed by atoms with Gasteiger partial charge in [-0.1, -0.05) is 26.0 Å². The molecule has 10 heteroatoms. The number of likely N-dealkylation sites (N-methyl/N-ethyl adjacent to an activating group) is 1. The van der Waals surface area contributed by atoms with Gasteiger partial charge < -0.3 is 24.5 Å². The lowest BCUT2D eigenvalue weighted by molar-refractivity contribution is -0.147. The first-order valence-electron chi connectivity index (χ1n) is 13.9. The molecule has 6 atom stereocenters. The lowest BCUT2D eigenvalue weighted by atomic mass is 9.70. The Morgan fingerprint density at radius 3 is 2.50 bits per heavy atom. The smallest absolute Gasteiger partial charge is 0.247 e. The van der Waals surface area contributed by atoms with Crippen LogP contribution in [0.5, 0.6) is 0 Å². The SMILES string of the molecule is C=CCN(C)C(=O)[C@@H]1[C@H]2C(=O)N([C@@H](CO)C(C)C)C(C(=O)N(CC=C)CCN3CCOCC3)C23CC[C@H]1S3. The average Bonchev–Trinajstić information content (AvgIpc) is 3.54. The van der Waals surface area contributed by atoms with Gasteiger partial charge in [0.25, 0.3) is 0 Å². The molecular weight excluding hydrogens is 504 g/mol. The summed E-state index contributed by atoms with van der Waals surface area (Å²) in [6.07, 6.45) is 4.92. The van der Waals surface area contributed by atoms with Crippen LogP contribution in [0.1, 0.15) is 26.7 Å². The van der Waals surface area contributed by atoms with E-state index in [1.54, 1.807) is 40.8 Å². The fraction of sp³-hybridized carbons (Fsp3) is 0.750. The van der Waals surface area contributed by atoms with E-state index in [-0.39, 0.29) is 35.5 Å². The third-order valence-corrected chi connectivity index (χ3v) is 10.8. The lowest BCUT2D eigenvalue weighted by Crippen LogP contribution is -2.59. The van der Waals surface area contributed by atoms with Gasteiger partial charge in [0, 0.05) is 51.6 Å². The van der Waals surface area contributed by atoms with Gasteiger partial charge in [-0.05, 0) is 18.8 Å². The van der Waals surface area contributed by atoms with E-state index in [4.69, 9.17) is 4.74 Å². The maximum absolute atomic E-state index is 14.5. The number of carbonyl (C=O) groups excluding carboxylic acids is 3. The maximum Gasteiger partial charge on any atom is 0.247 e. The molecule has 2 unspecified atom stereocenters. The van der Waals surface area contributed by atoms with E-state index >= 15 is 0 Å². The highest BCUT2D eigenvalue weighted by molar-refractivity contribution is 8.02. The predicted octanol–water partition coefficient (Wildman–Crippen LogP) is 1.09. The molecule has 4 rings (SSSR count). The van der Waals surface area contributed by atoms with E-state index in [2.05, 4.69) is 18.1 Å². The van der Waals surface area contributed by atoms with E-state index in [0.717, 1.165) is 26.1 Å². The topological polar surface area (TPSA) is 93.6 Å². The van der Waals surface area contributed by atoms with Crippen LogP contribution in [0.4, 0.5) is 0 Å². The van der Waals surface area contributed by atoms with Crippen LogP contribution in [-0.2, 0) is 19.1 Å². The van der Waals surface area contributed by atoms with Gasteiger partial charge in [0.05, 0.1) is 42.4 Å². The zero-order valence-corrected chi connectivity index (χ0v) is 23.9. The van der Waals surface area contributed by atoms with Gasteiger partial charge in [0.1, 0.15) is 6.04 Å². The summed E-state index contributed by atoms with van der Waals surface area (Å²) in [5.74, 6) is -1.42. The van der Waals surface area contributed by atoms with Crippen LogP contribution in [0.3, 0.4) is 0 Å². The Hall–Kier alpha value is -1.88. The maximum atomic E-state index is 14.5. The molecule has 1 N–H and O–H groups in total. The van der Waals surface area contributed by atoms with Gasteiger partial charge in [0.15, 0.2) is 0 Å². The predicted molar refractivity (Wildman–Crippen MR) is 149 cm³/mol. The quantitative estimate of drug-likeness (QED) is 0.365. The molecule has 4 aliphatic heterocycles. The molecule has 0 aromatic heterocycles. The van der Waals surface area contributed by atoms with Crippen LogP contribution in [0.2, 0.25) is 0 Å². The number of carbonyl (C=O) groups is 3. The van der Waals surface area contributed by atoms with E-state index < -0.39 is 28.7 Å². The van der Waals surface area contributed by atoms with Crippen molar-refractivity contribution in [3.8, 4) is 0 Å². The number of aliphatic hydroxyl groups excluding tert-OH is 1. The Balaban J connectivity index is 1.69. The number of morpholine rings is 1. The van der Waals surface area contributed by atoms with Crippen molar-refractivity contribution < 1.29 is 24.2 Å². The fourth-order valence-electron chi connectivity index (χ4n) is 6.87. The number of thioether (sulfide) groups is 1. The summed E-state index contributed by atoms with van der Waals surface area (Å²) in [4.78, 5) is 49.8. The van der Waals surface area contributed by atoms with E-state index in [1.165, 1.54) is 0 Å². The molecule has 4 saturated heterocycles. The first-order valence-corrected chi connectivity index (χ1v) is 14.8. The molecule has 0 aromatic carbocycles. The van der Waals surface area contributed by atoms with Gasteiger partial charge >= 0.3 is 0 Å². The molecule has 0 aliphatic carbocycles. The van der Waals surface area contributed by atoms with Gasteiger partial charge in [-0.3, -0.25) is 19.3 Å². The minimum absolute atomic E-state index is 0.00833. The van der Waals surface area contributed by atoms with Gasteiger partial charge in [-0.15, -0.1) is 24.9 Å². The molecule has 0 radical (unpaired) electrons. The first-order chi connectivity index (χ1) is 18.2. The number of aliphatic hydroxyl groups is 1. The summed E-state index contributed by atoms with van der Waals surface area (Å²) in [5.41, 5.74) is 0. The average molecular weight is 549 g/mol. The number of likely N-dealkylation sites (tertiary alicyclic amines) is 1. The van der Waals surface area contributed by atoms with E-state index in [0.29, 0.717) is 39.3 Å². The molecule has 212 valence electrons. The second kappa shape index (κ2) is 12.1. The minimum Gasteiger partial charge on any atom is -0.394 e. The lowest BCUT2D eigenvalue weighted by Gasteiger charge is -2.41. The molecule has 0 aromatic rings. The van der Waals surface area contributed by atoms with E-state index in [1.807, 2.05) is 18.7 Å². The van der Waals surface area contributed by atoms with Crippen molar-refractivity contribution in [3.63, 3.8) is 0 Å². The fourth-order valence-corrected chi connectivity index (χ4v) is 9.07. The first kappa shape index (κ1) is 29.1. The summed E-state index contributed by atoms with van der Waals surface area (Å²) >= 11 is 1.67. The number of hydrogen-bond acceptors (Lipinski definition) is 7. The summed E-state index contributed by atoms with van der Waals surface area (Å²) in [6, 6.07) is -1.22. The number of ether oxygens (including phenoxy) is 1. The number of amides is 3. The van der Waals surface area contributed by atoms with E-state index in [9.17, 15) is 19.5 Å². The molecule has 4 aliphatic rings. The van der Waals surface area contributed by atoms with Crippen molar-refractivity contribution in [2.45, 2.75) is 48.8 Å². The van der Waals surface area contributed by atoms with Gasteiger partial charge in [-0.2, -0.15) is 0 Å². The van der Waals surface area contributed by atoms with Crippen LogP contribution < -0.4 is 0 Å². The molecule has 0 saturated carbocycles. The van der Waals surface area contributed by atoms with Crippen LogP contribution in [0, 0.1) is 17.8 Å². The third kappa shape index (κ3) is 5.05. The van der Waals surface area contributed by atoms with Crippen LogP contribution in [-0.4, -0.2) is 131 Å². The molecule has 3 amide bonds. The third-order valence-electron chi connectivity index (χ3n) is 8.80. The molecule has 1 spiro atoms. The minimum atomic E-state index is -0.721. The van der Waals surface area contributed by atoms with Crippen molar-refractivity contribution in [1.82, 2.24) is 19.6 Å². The van der Waals surface area contributed by atoms with Crippen molar-refractivity contribution in [2.24, 2.45) is 17.8 Å². The van der Waals surface area contributed by atoms with Crippen molar-refractivity contribution >= 4 is 29.5 Å². The molecule has 2 bridgehead atoms. The van der Waals surface area contributed by atoms with Gasteiger partial charge in [0.2, 0.25) is 17.7 Å². The number of hydrogen-bond donors (Lipinski definition) is 1. The molecule has 9 nitrogen and oxygen atoms in total. The molecule has 4 heterocycles. The second-order valence-electron chi connectivity index (χ2n) is 11.3. The molecule has 4 fully saturated rings. The molecular formula is C28H44N4O5S. The number of nitrogens with zero attached hydrogens (tertiary/aromatic N) is 4. The van der Waals surface area contributed by atoms with Crippen LogP contribution in [0.15, 0.2) is 25.3 Å². The monoisotopic (exact) mass is 548 g/mol. The summed E-state index contributed by atoms with van der Waals surface area (Å²) in [5, 5.41) is 10.4. The Morgan fingerprint density at radius 2 is 1.89 bits per heavy atom. The molecule has 38 heavy (non-hydrogen) atoms. The highest BCUT2D eigenvalue weighted by Gasteiger charge is 2.74. The Labute approximate surface area is 231 Å². The highest BCUT2D eigenvalue weighted by atomic mass is 32.2. The zero-order chi connectivity index (χ0) is 27.6. The highest BCUT2D eigenvalue weighted by Crippen LogP contribution is 2.67. The Kier molecular flexibility index (Phi) is 9.27. The normalized spacial score (nSPS) is 31.4. The number of rotatable bonds is 12. The van der Waals surface area contributed by atoms with Crippen molar-refractivity contribution in [3.05, 3.63) is 25.3 Å². The summed E-state index contributed by atoms with van der Waals surface area (Å²) in [7, 11) is 1.75. The largest absolute Gasteiger partial charge is 0.394 e. The van der Waals surface area contributed by atoms with Crippen molar-refractivity contribution in [2.75, 3.05) is 66.1 Å².